The van der Waals surface area contributed by atoms with Crippen molar-refractivity contribution in [1.29, 1.82) is 5.26 Å². The molecule has 0 aliphatic heterocycles. The lowest BCUT2D eigenvalue weighted by atomic mass is 9.90. The molecule has 8 rings (SSSR count). The fourth-order valence-electron chi connectivity index (χ4n) is 8.69. The predicted molar refractivity (Wildman–Crippen MR) is 297 cm³/mol. The van der Waals surface area contributed by atoms with E-state index in [-0.39, 0.29) is 44.4 Å². The molecule has 0 fully saturated rings. The maximum Gasteiger partial charge on any atom is 0.425 e. The minimum absolute atomic E-state index is 0.174. The number of rotatable bonds is 14. The minimum Gasteiger partial charge on any atom is -0.338 e. The molecule has 0 spiro atoms. The molecule has 0 aliphatic rings. The van der Waals surface area contributed by atoms with Gasteiger partial charge < -0.3 is 5.32 Å². The normalized spacial score (nSPS) is 11.7. The Labute approximate surface area is 461 Å². The Morgan fingerprint density at radius 2 is 1.33 bits per heavy atom. The molecular formula is C50H52N10O12S6. The Kier molecular flexibility index (Phi) is 18.6. The van der Waals surface area contributed by atoms with E-state index < -0.39 is 46.9 Å². The molecular weight excluding hydrogens is 1130 g/mol. The van der Waals surface area contributed by atoms with Crippen molar-refractivity contribution < 1.29 is 51.2 Å². The number of benzene rings is 4. The van der Waals surface area contributed by atoms with Crippen LogP contribution in [0.15, 0.2) is 86.7 Å². The molecule has 78 heavy (non-hydrogen) atoms. The second-order valence-corrected chi connectivity index (χ2v) is 23.9. The van der Waals surface area contributed by atoms with Crippen LogP contribution in [0, 0.1) is 32.1 Å². The van der Waals surface area contributed by atoms with Gasteiger partial charge in [-0.05, 0) is 116 Å². The van der Waals surface area contributed by atoms with E-state index in [0.717, 1.165) is 49.5 Å². The molecule has 0 saturated carbocycles. The van der Waals surface area contributed by atoms with Gasteiger partial charge in [0.2, 0.25) is 5.13 Å². The number of para-hydroxylation sites is 1. The number of hydrogen-bond donors (Lipinski definition) is 3. The third-order valence-corrected chi connectivity index (χ3v) is 15.9. The molecule has 0 unspecified atom stereocenters. The zero-order valence-corrected chi connectivity index (χ0v) is 48.5. The van der Waals surface area contributed by atoms with E-state index in [9.17, 15) is 31.2 Å². The lowest BCUT2D eigenvalue weighted by molar-refractivity contribution is 0.480. The molecule has 0 bridgehead atoms. The second kappa shape index (κ2) is 24.2. The van der Waals surface area contributed by atoms with E-state index in [1.165, 1.54) is 29.5 Å². The van der Waals surface area contributed by atoms with Crippen molar-refractivity contribution in [3.05, 3.63) is 117 Å². The number of nitrogens with one attached hydrogen (secondary N) is 1. The average molecular weight is 1180 g/mol. The van der Waals surface area contributed by atoms with Crippen LogP contribution in [0.1, 0.15) is 98.7 Å². The Morgan fingerprint density at radius 1 is 0.731 bits per heavy atom. The number of pyridine rings is 1. The molecule has 28 heteroatoms. The van der Waals surface area contributed by atoms with E-state index in [1.54, 1.807) is 35.6 Å². The summed E-state index contributed by atoms with van der Waals surface area (Å²) in [5.41, 5.74) is 8.03. The Balaban J connectivity index is 0.00000115. The van der Waals surface area contributed by atoms with Gasteiger partial charge in [0.25, 0.3) is 20.2 Å². The number of azo groups is 1. The topological polar surface area (TPSA) is 331 Å². The lowest BCUT2D eigenvalue weighted by Crippen LogP contribution is -2.19. The number of fused-ring (bicyclic) bond motifs is 2. The van der Waals surface area contributed by atoms with Gasteiger partial charge in [0.1, 0.15) is 28.0 Å². The van der Waals surface area contributed by atoms with Gasteiger partial charge in [-0.15, -0.1) is 35.5 Å². The van der Waals surface area contributed by atoms with E-state index in [4.69, 9.17) is 55.5 Å². The van der Waals surface area contributed by atoms with E-state index >= 15 is 0 Å². The first-order chi connectivity index (χ1) is 36.6. The highest BCUT2D eigenvalue weighted by Crippen LogP contribution is 2.48. The van der Waals surface area contributed by atoms with Crippen LogP contribution in [0.5, 0.6) is 0 Å². The van der Waals surface area contributed by atoms with Gasteiger partial charge in [0.15, 0.2) is 16.8 Å². The van der Waals surface area contributed by atoms with Gasteiger partial charge in [-0.25, -0.2) is 15.0 Å². The molecule has 410 valence electrons. The molecule has 22 nitrogen and oxygen atoms in total. The SMILES string of the molecule is CCc1cc(C)cc(CC)c1Nc1nc(N(c2nc3ccc(S(=O)(=O)O)cc3s2)c2c(CC)cc(C)c(S(=O)(=O)O)c2CC)cc(C)c1N=Nc1c(C#N)c(C(C)(C)C)nn1-c1nc2ccccc2s1.O=S(=O)=O.O=S(=O)=O. The fourth-order valence-corrected chi connectivity index (χ4v) is 12.2. The molecule has 0 atom stereocenters. The van der Waals surface area contributed by atoms with Gasteiger partial charge in [0.05, 0.1) is 36.7 Å². The summed E-state index contributed by atoms with van der Waals surface area (Å²) < 4.78 is 125. The highest BCUT2D eigenvalue weighted by Gasteiger charge is 2.32. The van der Waals surface area contributed by atoms with Crippen LogP contribution in [-0.4, -0.2) is 75.9 Å². The Hall–Kier alpha value is -7.23. The summed E-state index contributed by atoms with van der Waals surface area (Å²) in [5.74, 6) is 0.723. The first kappa shape index (κ1) is 60.0. The maximum absolute atomic E-state index is 13.3. The van der Waals surface area contributed by atoms with Gasteiger partial charge in [-0.3, -0.25) is 14.0 Å². The quantitative estimate of drug-likeness (QED) is 0.0672. The Bertz CT molecular complexity index is 4100. The largest absolute Gasteiger partial charge is 0.425 e. The molecule has 0 aliphatic carbocycles. The maximum atomic E-state index is 13.3. The van der Waals surface area contributed by atoms with Gasteiger partial charge in [-0.2, -0.15) is 31.9 Å². The number of thiazole rings is 2. The number of aromatic nitrogens is 5. The monoisotopic (exact) mass is 1180 g/mol. The number of nitrogens with zero attached hydrogens (tertiary/aromatic N) is 9. The van der Waals surface area contributed by atoms with Crippen molar-refractivity contribution in [3.63, 3.8) is 0 Å². The van der Waals surface area contributed by atoms with E-state index in [0.29, 0.717) is 68.4 Å². The van der Waals surface area contributed by atoms with E-state index in [2.05, 4.69) is 37.4 Å². The number of nitriles is 1. The summed E-state index contributed by atoms with van der Waals surface area (Å²) in [6, 6.07) is 21.9. The highest BCUT2D eigenvalue weighted by atomic mass is 32.2. The summed E-state index contributed by atoms with van der Waals surface area (Å²) in [6.07, 6.45) is 1.97. The molecule has 3 N–H and O–H groups in total. The van der Waals surface area contributed by atoms with Crippen molar-refractivity contribution in [2.75, 3.05) is 10.2 Å². The van der Waals surface area contributed by atoms with Crippen molar-refractivity contribution >= 4 is 124 Å². The molecule has 4 aromatic heterocycles. The minimum atomic E-state index is -4.76. The smallest absolute Gasteiger partial charge is 0.338 e. The predicted octanol–water partition coefficient (Wildman–Crippen LogP) is 10.9. The fraction of sp³-hybridized carbons (Fsp3) is 0.300. The number of aryl methyl sites for hydroxylation is 6. The van der Waals surface area contributed by atoms with Crippen LogP contribution in [0.3, 0.4) is 0 Å². The Morgan fingerprint density at radius 3 is 1.87 bits per heavy atom. The zero-order chi connectivity index (χ0) is 57.8. The molecule has 0 radical (unpaired) electrons. The van der Waals surface area contributed by atoms with Crippen molar-refractivity contribution in [3.8, 4) is 11.2 Å². The number of anilines is 5. The molecule has 4 heterocycles. The van der Waals surface area contributed by atoms with Crippen LogP contribution in [-0.2, 0) is 72.6 Å². The lowest BCUT2D eigenvalue weighted by Gasteiger charge is -2.29. The molecule has 4 aromatic carbocycles. The van der Waals surface area contributed by atoms with Crippen LogP contribution in [0.4, 0.5) is 39.6 Å². The van der Waals surface area contributed by atoms with Gasteiger partial charge in [0, 0.05) is 11.1 Å². The van der Waals surface area contributed by atoms with Crippen molar-refractivity contribution in [2.24, 2.45) is 10.2 Å². The first-order valence-corrected chi connectivity index (χ1v) is 30.1. The van der Waals surface area contributed by atoms with Crippen LogP contribution in [0.2, 0.25) is 0 Å². The van der Waals surface area contributed by atoms with E-state index in [1.807, 2.05) is 65.8 Å². The third kappa shape index (κ3) is 13.4. The van der Waals surface area contributed by atoms with Gasteiger partial charge >= 0.3 is 21.2 Å². The second-order valence-electron chi connectivity index (χ2n) is 18.3. The summed E-state index contributed by atoms with van der Waals surface area (Å²) in [7, 11) is -15.6. The molecule has 8 aromatic rings. The summed E-state index contributed by atoms with van der Waals surface area (Å²) in [5, 5.41) is 29.9. The summed E-state index contributed by atoms with van der Waals surface area (Å²) in [6.45, 7) is 19.3. The summed E-state index contributed by atoms with van der Waals surface area (Å²) >= 11 is 2.52. The first-order valence-electron chi connectivity index (χ1n) is 23.6. The number of hydrogen-bond acceptors (Lipinski definition) is 21. The van der Waals surface area contributed by atoms with Gasteiger partial charge in [-0.1, -0.05) is 107 Å². The van der Waals surface area contributed by atoms with Crippen molar-refractivity contribution in [1.82, 2.24) is 24.7 Å². The highest BCUT2D eigenvalue weighted by molar-refractivity contribution is 7.86. The standard InChI is InChI=1S/C50H52N10O6S4.2O3S/c1-11-30-21-27(5)22-31(12-2)42(30)55-46-41(56-57-47-35(26-51)45(50(8,9)10)58-60(47)49-53-36-17-15-16-18-38(36)67-49)28(6)24-40(54-46)59(48-52-37-20-19-33(69(61,62)63)25-39(37)68-48)43-32(13-3)23-29(7)44(34(43)14-4)70(64,65)66;2*1-4(2)3/h15-25H,11-14H2,1-10H3,(H,54,55)(H,61,62,63)(H,64,65,66);;. The van der Waals surface area contributed by atoms with Crippen LogP contribution >= 0.6 is 22.7 Å². The third-order valence-electron chi connectivity index (χ3n) is 11.9. The zero-order valence-electron chi connectivity index (χ0n) is 43.6. The molecule has 0 amide bonds. The molecule has 0 saturated heterocycles. The summed E-state index contributed by atoms with van der Waals surface area (Å²) in [4.78, 5) is 16.3. The average Bonchev–Trinajstić information content (AvgIpc) is 4.23. The van der Waals surface area contributed by atoms with Crippen LogP contribution < -0.4 is 10.2 Å². The van der Waals surface area contributed by atoms with Crippen LogP contribution in [0.25, 0.3) is 25.6 Å². The van der Waals surface area contributed by atoms with Crippen molar-refractivity contribution in [2.45, 2.75) is 110 Å².